The summed E-state index contributed by atoms with van der Waals surface area (Å²) >= 11 is 5.67. The van der Waals surface area contributed by atoms with Gasteiger partial charge < -0.3 is 0 Å². The van der Waals surface area contributed by atoms with Gasteiger partial charge in [0.05, 0.1) is 17.0 Å². The Bertz CT molecular complexity index is 600. The highest BCUT2D eigenvalue weighted by molar-refractivity contribution is 7.89. The van der Waals surface area contributed by atoms with E-state index >= 15 is 0 Å². The maximum atomic E-state index is 12.3. The lowest BCUT2D eigenvalue weighted by molar-refractivity contribution is 0.425. The van der Waals surface area contributed by atoms with Crippen LogP contribution in [0.2, 0.25) is 5.15 Å². The number of pyridine rings is 1. The summed E-state index contributed by atoms with van der Waals surface area (Å²) in [5.74, 6) is 0. The molecular weight excluding hydrogens is 288 g/mol. The maximum Gasteiger partial charge on any atom is 0.243 e. The van der Waals surface area contributed by atoms with Crippen molar-refractivity contribution in [3.8, 4) is 12.1 Å². The molecule has 0 amide bonds. The van der Waals surface area contributed by atoms with Gasteiger partial charge in [-0.15, -0.1) is 0 Å². The largest absolute Gasteiger partial charge is 0.244 e. The minimum Gasteiger partial charge on any atom is -0.244 e. The monoisotopic (exact) mass is 298 g/mol. The molecule has 0 fully saturated rings. The molecule has 0 aliphatic rings. The second kappa shape index (κ2) is 7.05. The number of nitriles is 2. The lowest BCUT2D eigenvalue weighted by atomic mass is 10.4. The predicted octanol–water partition coefficient (Wildman–Crippen LogP) is 1.55. The summed E-state index contributed by atoms with van der Waals surface area (Å²) in [4.78, 5) is 3.72. The minimum absolute atomic E-state index is 0.00313. The number of rotatable bonds is 6. The van der Waals surface area contributed by atoms with Gasteiger partial charge >= 0.3 is 0 Å². The molecule has 8 heteroatoms. The van der Waals surface area contributed by atoms with E-state index in [2.05, 4.69) is 4.98 Å². The Kier molecular flexibility index (Phi) is 5.71. The number of sulfonamides is 1. The number of hydrogen-bond donors (Lipinski definition) is 0. The molecule has 0 bridgehead atoms. The molecule has 1 heterocycles. The van der Waals surface area contributed by atoms with Crippen LogP contribution in [0.15, 0.2) is 23.2 Å². The van der Waals surface area contributed by atoms with Gasteiger partial charge in [0, 0.05) is 32.1 Å². The smallest absolute Gasteiger partial charge is 0.243 e. The lowest BCUT2D eigenvalue weighted by Crippen LogP contribution is -2.32. The Morgan fingerprint density at radius 1 is 1.26 bits per heavy atom. The van der Waals surface area contributed by atoms with E-state index in [1.165, 1.54) is 18.3 Å². The van der Waals surface area contributed by atoms with Crippen LogP contribution in [0.1, 0.15) is 12.8 Å². The Labute approximate surface area is 116 Å². The average Bonchev–Trinajstić information content (AvgIpc) is 2.38. The molecule has 0 atom stereocenters. The molecule has 0 radical (unpaired) electrons. The van der Waals surface area contributed by atoms with Crippen LogP contribution < -0.4 is 0 Å². The van der Waals surface area contributed by atoms with Crippen LogP contribution in [-0.4, -0.2) is 30.8 Å². The molecule has 100 valence electrons. The standard InChI is InChI=1S/C11H11ClN4O2S/c12-11-9-10(3-6-15-11)19(17,18)16(7-1-4-13)8-2-5-14/h3,6,9H,1-2,7-8H2. The molecule has 1 aromatic rings. The molecule has 0 unspecified atom stereocenters. The molecular formula is C11H11ClN4O2S. The fourth-order valence-electron chi connectivity index (χ4n) is 1.40. The van der Waals surface area contributed by atoms with E-state index in [4.69, 9.17) is 22.1 Å². The van der Waals surface area contributed by atoms with E-state index in [9.17, 15) is 8.42 Å². The van der Waals surface area contributed by atoms with E-state index in [-0.39, 0.29) is 36.0 Å². The van der Waals surface area contributed by atoms with Crippen LogP contribution in [0.5, 0.6) is 0 Å². The molecule has 0 saturated carbocycles. The summed E-state index contributed by atoms with van der Waals surface area (Å²) in [5, 5.41) is 17.2. The van der Waals surface area contributed by atoms with Crippen molar-refractivity contribution in [2.75, 3.05) is 13.1 Å². The van der Waals surface area contributed by atoms with Crippen molar-refractivity contribution in [3.05, 3.63) is 23.5 Å². The van der Waals surface area contributed by atoms with Crippen LogP contribution in [0, 0.1) is 22.7 Å². The van der Waals surface area contributed by atoms with Crippen molar-refractivity contribution in [1.29, 1.82) is 10.5 Å². The number of halogens is 1. The molecule has 0 spiro atoms. The van der Waals surface area contributed by atoms with Crippen molar-refractivity contribution in [3.63, 3.8) is 0 Å². The normalized spacial score (nSPS) is 10.9. The van der Waals surface area contributed by atoms with Crippen molar-refractivity contribution in [2.24, 2.45) is 0 Å². The van der Waals surface area contributed by atoms with Crippen molar-refractivity contribution in [1.82, 2.24) is 9.29 Å². The van der Waals surface area contributed by atoms with Gasteiger partial charge in [0.25, 0.3) is 0 Å². The molecule has 1 rings (SSSR count). The summed E-state index contributed by atoms with van der Waals surface area (Å²) in [5.41, 5.74) is 0. The third-order valence-electron chi connectivity index (χ3n) is 2.28. The fourth-order valence-corrected chi connectivity index (χ4v) is 3.09. The quantitative estimate of drug-likeness (QED) is 0.742. The zero-order valence-corrected chi connectivity index (χ0v) is 11.5. The lowest BCUT2D eigenvalue weighted by Gasteiger charge is -2.19. The van der Waals surface area contributed by atoms with E-state index in [1.54, 1.807) is 0 Å². The van der Waals surface area contributed by atoms with Gasteiger partial charge in [0.1, 0.15) is 5.15 Å². The molecule has 0 aliphatic carbocycles. The van der Waals surface area contributed by atoms with Crippen LogP contribution in [0.3, 0.4) is 0 Å². The first-order valence-corrected chi connectivity index (χ1v) is 7.19. The Hall–Kier alpha value is -1.67. The zero-order chi connectivity index (χ0) is 14.3. The molecule has 0 saturated heterocycles. The van der Waals surface area contributed by atoms with Crippen molar-refractivity contribution in [2.45, 2.75) is 17.7 Å². The third kappa shape index (κ3) is 4.18. The van der Waals surface area contributed by atoms with Gasteiger partial charge in [-0.1, -0.05) is 11.6 Å². The van der Waals surface area contributed by atoms with Crippen LogP contribution in [-0.2, 0) is 10.0 Å². The topological polar surface area (TPSA) is 97.9 Å². The highest BCUT2D eigenvalue weighted by atomic mass is 35.5. The van der Waals surface area contributed by atoms with Gasteiger partial charge in [0.15, 0.2) is 0 Å². The van der Waals surface area contributed by atoms with Gasteiger partial charge in [-0.3, -0.25) is 0 Å². The highest BCUT2D eigenvalue weighted by Gasteiger charge is 2.24. The van der Waals surface area contributed by atoms with Gasteiger partial charge in [-0.25, -0.2) is 13.4 Å². The first kappa shape index (κ1) is 15.4. The Morgan fingerprint density at radius 2 is 1.84 bits per heavy atom. The Morgan fingerprint density at radius 3 is 2.32 bits per heavy atom. The molecule has 19 heavy (non-hydrogen) atoms. The van der Waals surface area contributed by atoms with Crippen LogP contribution >= 0.6 is 11.6 Å². The molecule has 6 nitrogen and oxygen atoms in total. The molecule has 1 aromatic heterocycles. The van der Waals surface area contributed by atoms with Crippen molar-refractivity contribution >= 4 is 21.6 Å². The van der Waals surface area contributed by atoms with E-state index in [1.807, 2.05) is 12.1 Å². The second-order valence-corrected chi connectivity index (χ2v) is 5.86. The average molecular weight is 299 g/mol. The SMILES string of the molecule is N#CCCN(CCC#N)S(=O)(=O)c1ccnc(Cl)c1. The van der Waals surface area contributed by atoms with Crippen LogP contribution in [0.25, 0.3) is 0 Å². The predicted molar refractivity (Wildman–Crippen MR) is 68.5 cm³/mol. The Balaban J connectivity index is 3.05. The second-order valence-electron chi connectivity index (χ2n) is 3.53. The van der Waals surface area contributed by atoms with Gasteiger partial charge in [0.2, 0.25) is 10.0 Å². The third-order valence-corrected chi connectivity index (χ3v) is 4.38. The first-order valence-electron chi connectivity index (χ1n) is 5.38. The molecule has 0 N–H and O–H groups in total. The van der Waals surface area contributed by atoms with Crippen LogP contribution in [0.4, 0.5) is 0 Å². The van der Waals surface area contributed by atoms with E-state index in [0.717, 1.165) is 4.31 Å². The molecule has 0 aliphatic heterocycles. The fraction of sp³-hybridized carbons (Fsp3) is 0.364. The van der Waals surface area contributed by atoms with Gasteiger partial charge in [-0.2, -0.15) is 14.8 Å². The molecule has 0 aromatic carbocycles. The summed E-state index contributed by atoms with van der Waals surface area (Å²) in [6.07, 6.45) is 1.41. The van der Waals surface area contributed by atoms with E-state index in [0.29, 0.717) is 0 Å². The van der Waals surface area contributed by atoms with E-state index < -0.39 is 10.0 Å². The summed E-state index contributed by atoms with van der Waals surface area (Å²) < 4.78 is 25.7. The summed E-state index contributed by atoms with van der Waals surface area (Å²) in [6.45, 7) is 0.0842. The number of hydrogen-bond acceptors (Lipinski definition) is 5. The maximum absolute atomic E-state index is 12.3. The summed E-state index contributed by atoms with van der Waals surface area (Å²) in [6, 6.07) is 6.33. The zero-order valence-electron chi connectivity index (χ0n) is 9.95. The first-order chi connectivity index (χ1) is 9.02. The van der Waals surface area contributed by atoms with Gasteiger partial charge in [-0.05, 0) is 12.1 Å². The van der Waals surface area contributed by atoms with Crippen molar-refractivity contribution < 1.29 is 8.42 Å². The number of nitrogens with zero attached hydrogens (tertiary/aromatic N) is 4. The highest BCUT2D eigenvalue weighted by Crippen LogP contribution is 2.18. The minimum atomic E-state index is -3.76. The number of aromatic nitrogens is 1. The summed E-state index contributed by atoms with van der Waals surface area (Å²) in [7, 11) is -3.76.